The van der Waals surface area contributed by atoms with Gasteiger partial charge in [0.05, 0.1) is 22.8 Å². The van der Waals surface area contributed by atoms with E-state index in [-0.39, 0.29) is 0 Å². The molecule has 3 heteroatoms. The molecular formula is C12H7N3. The zero-order valence-electron chi connectivity index (χ0n) is 7.88. The fourth-order valence-corrected chi connectivity index (χ4v) is 1.79. The Bertz CT molecular complexity index is 689. The van der Waals surface area contributed by atoms with Crippen molar-refractivity contribution in [3.05, 3.63) is 48.2 Å². The molecule has 0 unspecified atom stereocenters. The van der Waals surface area contributed by atoms with Gasteiger partial charge < -0.3 is 0 Å². The second-order valence-corrected chi connectivity index (χ2v) is 3.36. The molecule has 3 nitrogen and oxygen atoms in total. The van der Waals surface area contributed by atoms with Gasteiger partial charge in [0.2, 0.25) is 0 Å². The topological polar surface area (TPSA) is 41.1 Å². The minimum atomic E-state index is 0.612. The van der Waals surface area contributed by atoms with E-state index < -0.39 is 0 Å². The third kappa shape index (κ3) is 1.02. The Hall–Kier alpha value is -2.34. The van der Waals surface area contributed by atoms with Crippen LogP contribution >= 0.6 is 0 Å². The molecule has 2 heterocycles. The van der Waals surface area contributed by atoms with Crippen molar-refractivity contribution in [2.45, 2.75) is 0 Å². The SMILES string of the molecule is N#Cc1cnn2c1ccc1ccccc12. The summed E-state index contributed by atoms with van der Waals surface area (Å²) in [7, 11) is 0. The fourth-order valence-electron chi connectivity index (χ4n) is 1.79. The number of benzene rings is 1. The summed E-state index contributed by atoms with van der Waals surface area (Å²) in [6.45, 7) is 0. The Morgan fingerprint density at radius 1 is 1.07 bits per heavy atom. The van der Waals surface area contributed by atoms with Gasteiger partial charge >= 0.3 is 0 Å². The number of nitriles is 1. The summed E-state index contributed by atoms with van der Waals surface area (Å²) in [5.74, 6) is 0. The molecule has 3 rings (SSSR count). The first-order valence-electron chi connectivity index (χ1n) is 4.66. The third-order valence-electron chi connectivity index (χ3n) is 2.51. The van der Waals surface area contributed by atoms with Gasteiger partial charge in [-0.25, -0.2) is 4.52 Å². The largest absolute Gasteiger partial charge is 0.232 e. The van der Waals surface area contributed by atoms with Gasteiger partial charge in [0, 0.05) is 5.39 Å². The number of hydrogen-bond donors (Lipinski definition) is 0. The normalized spacial score (nSPS) is 10.6. The third-order valence-corrected chi connectivity index (χ3v) is 2.51. The van der Waals surface area contributed by atoms with E-state index >= 15 is 0 Å². The molecule has 0 fully saturated rings. The molecule has 15 heavy (non-hydrogen) atoms. The number of rotatable bonds is 0. The molecule has 2 aromatic heterocycles. The van der Waals surface area contributed by atoms with Crippen LogP contribution in [0.1, 0.15) is 5.56 Å². The molecule has 0 aliphatic heterocycles. The summed E-state index contributed by atoms with van der Waals surface area (Å²) < 4.78 is 1.80. The number of hydrogen-bond acceptors (Lipinski definition) is 2. The van der Waals surface area contributed by atoms with Crippen molar-refractivity contribution in [1.82, 2.24) is 9.61 Å². The van der Waals surface area contributed by atoms with Gasteiger partial charge in [0.1, 0.15) is 6.07 Å². The smallest absolute Gasteiger partial charge is 0.103 e. The van der Waals surface area contributed by atoms with Crippen LogP contribution in [0.3, 0.4) is 0 Å². The van der Waals surface area contributed by atoms with Crippen LogP contribution < -0.4 is 0 Å². The van der Waals surface area contributed by atoms with E-state index in [1.165, 1.54) is 0 Å². The highest BCUT2D eigenvalue weighted by atomic mass is 15.2. The highest BCUT2D eigenvalue weighted by molar-refractivity contribution is 5.83. The van der Waals surface area contributed by atoms with Crippen LogP contribution in [0.25, 0.3) is 16.4 Å². The van der Waals surface area contributed by atoms with Crippen molar-refractivity contribution >= 4 is 16.4 Å². The first kappa shape index (κ1) is 8.01. The maximum atomic E-state index is 8.89. The molecule has 0 N–H and O–H groups in total. The molecule has 0 atom stereocenters. The number of fused-ring (bicyclic) bond motifs is 3. The second-order valence-electron chi connectivity index (χ2n) is 3.36. The second kappa shape index (κ2) is 2.82. The zero-order valence-corrected chi connectivity index (χ0v) is 7.88. The predicted molar refractivity (Wildman–Crippen MR) is 57.4 cm³/mol. The molecule has 0 aliphatic carbocycles. The van der Waals surface area contributed by atoms with E-state index in [0.29, 0.717) is 5.56 Å². The molecule has 70 valence electrons. The summed E-state index contributed by atoms with van der Waals surface area (Å²) in [5, 5.41) is 14.2. The van der Waals surface area contributed by atoms with Gasteiger partial charge in [-0.3, -0.25) is 0 Å². The molecule has 1 aromatic carbocycles. The van der Waals surface area contributed by atoms with E-state index in [4.69, 9.17) is 5.26 Å². The molecule has 0 amide bonds. The highest BCUT2D eigenvalue weighted by Crippen LogP contribution is 2.18. The standard InChI is InChI=1S/C12H7N3/c13-7-10-8-14-15-11-4-2-1-3-9(11)5-6-12(10)15/h1-6,8H. The molecule has 0 spiro atoms. The van der Waals surface area contributed by atoms with Gasteiger partial charge in [-0.15, -0.1) is 0 Å². The van der Waals surface area contributed by atoms with Gasteiger partial charge in [-0.1, -0.05) is 24.3 Å². The van der Waals surface area contributed by atoms with Crippen molar-refractivity contribution in [3.8, 4) is 6.07 Å². The molecule has 0 saturated carbocycles. The Kier molecular flexibility index (Phi) is 1.51. The summed E-state index contributed by atoms with van der Waals surface area (Å²) in [4.78, 5) is 0. The van der Waals surface area contributed by atoms with Crippen molar-refractivity contribution in [1.29, 1.82) is 5.26 Å². The van der Waals surface area contributed by atoms with E-state index in [1.54, 1.807) is 10.7 Å². The summed E-state index contributed by atoms with van der Waals surface area (Å²) in [5.41, 5.74) is 2.49. The Balaban J connectivity index is 2.57. The van der Waals surface area contributed by atoms with Crippen molar-refractivity contribution in [2.24, 2.45) is 0 Å². The lowest BCUT2D eigenvalue weighted by molar-refractivity contribution is 1.00. The zero-order chi connectivity index (χ0) is 10.3. The lowest BCUT2D eigenvalue weighted by Gasteiger charge is -2.00. The predicted octanol–water partition coefficient (Wildman–Crippen LogP) is 2.36. The van der Waals surface area contributed by atoms with E-state index in [0.717, 1.165) is 16.4 Å². The molecule has 0 saturated heterocycles. The Morgan fingerprint density at radius 2 is 1.93 bits per heavy atom. The quantitative estimate of drug-likeness (QED) is 0.550. The monoisotopic (exact) mass is 193 g/mol. The van der Waals surface area contributed by atoms with Crippen molar-refractivity contribution in [2.75, 3.05) is 0 Å². The van der Waals surface area contributed by atoms with Crippen LogP contribution in [0.2, 0.25) is 0 Å². The number of para-hydroxylation sites is 1. The van der Waals surface area contributed by atoms with Crippen LogP contribution in [-0.4, -0.2) is 9.61 Å². The molecular weight excluding hydrogens is 186 g/mol. The summed E-state index contributed by atoms with van der Waals surface area (Å²) in [6, 6.07) is 14.0. The number of nitrogens with zero attached hydrogens (tertiary/aromatic N) is 3. The van der Waals surface area contributed by atoms with Crippen LogP contribution in [-0.2, 0) is 0 Å². The lowest BCUT2D eigenvalue weighted by atomic mass is 10.2. The number of pyridine rings is 1. The van der Waals surface area contributed by atoms with Gasteiger partial charge in [0.15, 0.2) is 0 Å². The Morgan fingerprint density at radius 3 is 2.80 bits per heavy atom. The average Bonchev–Trinajstić information content (AvgIpc) is 2.72. The minimum Gasteiger partial charge on any atom is -0.232 e. The van der Waals surface area contributed by atoms with E-state index in [1.807, 2.05) is 36.4 Å². The van der Waals surface area contributed by atoms with Crippen LogP contribution in [0.15, 0.2) is 42.6 Å². The molecule has 0 aliphatic rings. The van der Waals surface area contributed by atoms with Gasteiger partial charge in [-0.05, 0) is 12.1 Å². The first-order valence-corrected chi connectivity index (χ1v) is 4.66. The summed E-state index contributed by atoms with van der Waals surface area (Å²) in [6.07, 6.45) is 1.60. The van der Waals surface area contributed by atoms with Crippen molar-refractivity contribution < 1.29 is 0 Å². The fraction of sp³-hybridized carbons (Fsp3) is 0. The lowest BCUT2D eigenvalue weighted by Crippen LogP contribution is -1.89. The molecule has 0 radical (unpaired) electrons. The van der Waals surface area contributed by atoms with E-state index in [2.05, 4.69) is 11.2 Å². The van der Waals surface area contributed by atoms with Gasteiger partial charge in [0.25, 0.3) is 0 Å². The van der Waals surface area contributed by atoms with Crippen LogP contribution in [0, 0.1) is 11.3 Å². The van der Waals surface area contributed by atoms with Gasteiger partial charge in [-0.2, -0.15) is 10.4 Å². The maximum Gasteiger partial charge on any atom is 0.103 e. The minimum absolute atomic E-state index is 0.612. The number of aromatic nitrogens is 2. The van der Waals surface area contributed by atoms with Crippen LogP contribution in [0.5, 0.6) is 0 Å². The van der Waals surface area contributed by atoms with Crippen molar-refractivity contribution in [3.63, 3.8) is 0 Å². The summed E-state index contributed by atoms with van der Waals surface area (Å²) >= 11 is 0. The van der Waals surface area contributed by atoms with E-state index in [9.17, 15) is 0 Å². The highest BCUT2D eigenvalue weighted by Gasteiger charge is 2.04. The Labute approximate surface area is 86.2 Å². The molecule has 0 bridgehead atoms. The average molecular weight is 193 g/mol. The first-order chi connectivity index (χ1) is 7.40. The maximum absolute atomic E-state index is 8.89. The molecule has 3 aromatic rings. The van der Waals surface area contributed by atoms with Crippen LogP contribution in [0.4, 0.5) is 0 Å².